The summed E-state index contributed by atoms with van der Waals surface area (Å²) >= 11 is 0. The number of carbonyl (C=O) groups is 3. The second-order valence-electron chi connectivity index (χ2n) is 8.08. The Bertz CT molecular complexity index is 1330. The Labute approximate surface area is 203 Å². The van der Waals surface area contributed by atoms with Crippen LogP contribution in [0.2, 0.25) is 0 Å². The molecule has 3 aromatic rings. The molecule has 1 aliphatic rings. The molecular weight excluding hydrogens is 446 g/mol. The molecule has 0 aromatic heterocycles. The second-order valence-corrected chi connectivity index (χ2v) is 8.08. The Morgan fingerprint density at radius 1 is 0.971 bits per heavy atom. The summed E-state index contributed by atoms with van der Waals surface area (Å²) in [7, 11) is 1.52. The molecule has 3 aromatic carbocycles. The van der Waals surface area contributed by atoms with Gasteiger partial charge in [-0.15, -0.1) is 0 Å². The first-order valence-electron chi connectivity index (χ1n) is 11.1. The minimum Gasteiger partial charge on any atom is -0.507 e. The monoisotopic (exact) mass is 471 g/mol. The molecule has 1 heterocycles. The van der Waals surface area contributed by atoms with Crippen LogP contribution in [0.3, 0.4) is 0 Å². The van der Waals surface area contributed by atoms with Crippen molar-refractivity contribution >= 4 is 29.1 Å². The largest absolute Gasteiger partial charge is 0.507 e. The number of aliphatic hydroxyl groups is 1. The molecule has 1 saturated heterocycles. The summed E-state index contributed by atoms with van der Waals surface area (Å²) in [5.74, 6) is -1.92. The number of ketones is 1. The standard InChI is InChI=1S/C28H25NO6/c1-4-35-28(33)20-8-5-9-21(15-20)29-24(19-7-6-10-22(16-19)34-3)23(26(31)27(29)32)25(30)18-13-11-17(2)12-14-18/h5-16,24,30H,4H2,1-3H3/b25-23+. The van der Waals surface area contributed by atoms with Crippen molar-refractivity contribution in [2.45, 2.75) is 19.9 Å². The first-order valence-corrected chi connectivity index (χ1v) is 11.1. The summed E-state index contributed by atoms with van der Waals surface area (Å²) < 4.78 is 10.4. The highest BCUT2D eigenvalue weighted by Gasteiger charge is 2.47. The van der Waals surface area contributed by atoms with E-state index in [2.05, 4.69) is 0 Å². The summed E-state index contributed by atoms with van der Waals surface area (Å²) in [6, 6.07) is 19.4. The van der Waals surface area contributed by atoms with Gasteiger partial charge in [0.1, 0.15) is 11.5 Å². The number of hydrogen-bond acceptors (Lipinski definition) is 6. The molecule has 0 bridgehead atoms. The van der Waals surface area contributed by atoms with Gasteiger partial charge in [-0.1, -0.05) is 48.0 Å². The molecule has 0 radical (unpaired) electrons. The van der Waals surface area contributed by atoms with Gasteiger partial charge in [-0.25, -0.2) is 4.79 Å². The number of aryl methyl sites for hydroxylation is 1. The maximum Gasteiger partial charge on any atom is 0.338 e. The van der Waals surface area contributed by atoms with Crippen LogP contribution in [0.1, 0.15) is 40.0 Å². The number of nitrogens with zero attached hydrogens (tertiary/aromatic N) is 1. The Balaban J connectivity index is 1.92. The second kappa shape index (κ2) is 9.85. The maximum atomic E-state index is 13.3. The van der Waals surface area contributed by atoms with E-state index in [0.29, 0.717) is 22.6 Å². The number of Topliss-reactive ketones (excluding diaryl/α,β-unsaturated/α-hetero) is 1. The van der Waals surface area contributed by atoms with Crippen LogP contribution < -0.4 is 9.64 Å². The van der Waals surface area contributed by atoms with E-state index in [1.165, 1.54) is 18.1 Å². The number of esters is 1. The lowest BCUT2D eigenvalue weighted by molar-refractivity contribution is -0.132. The van der Waals surface area contributed by atoms with Crippen molar-refractivity contribution in [2.24, 2.45) is 0 Å². The van der Waals surface area contributed by atoms with Crippen molar-refractivity contribution < 1.29 is 29.0 Å². The van der Waals surface area contributed by atoms with Crippen LogP contribution in [0.25, 0.3) is 5.76 Å². The average Bonchev–Trinajstić information content (AvgIpc) is 3.14. The van der Waals surface area contributed by atoms with Crippen LogP contribution in [0, 0.1) is 6.92 Å². The van der Waals surface area contributed by atoms with Crippen molar-refractivity contribution in [3.05, 3.63) is 101 Å². The van der Waals surface area contributed by atoms with Crippen LogP contribution in [-0.2, 0) is 14.3 Å². The Morgan fingerprint density at radius 3 is 2.37 bits per heavy atom. The predicted octanol–water partition coefficient (Wildman–Crippen LogP) is 4.81. The lowest BCUT2D eigenvalue weighted by Crippen LogP contribution is -2.29. The fourth-order valence-electron chi connectivity index (χ4n) is 4.09. The fraction of sp³-hybridized carbons (Fsp3) is 0.179. The van der Waals surface area contributed by atoms with Crippen LogP contribution in [0.5, 0.6) is 5.75 Å². The first kappa shape index (κ1) is 23.8. The number of aliphatic hydroxyl groups excluding tert-OH is 1. The highest BCUT2D eigenvalue weighted by Crippen LogP contribution is 2.43. The van der Waals surface area contributed by atoms with Gasteiger partial charge in [0.2, 0.25) is 0 Å². The zero-order valence-electron chi connectivity index (χ0n) is 19.6. The molecular formula is C28H25NO6. The van der Waals surface area contributed by atoms with E-state index in [9.17, 15) is 19.5 Å². The highest BCUT2D eigenvalue weighted by atomic mass is 16.5. The third-order valence-corrected chi connectivity index (χ3v) is 5.81. The lowest BCUT2D eigenvalue weighted by Gasteiger charge is -2.26. The average molecular weight is 472 g/mol. The molecule has 4 rings (SSSR count). The number of rotatable bonds is 6. The number of carbonyl (C=O) groups excluding carboxylic acids is 3. The van der Waals surface area contributed by atoms with Crippen molar-refractivity contribution in [1.82, 2.24) is 0 Å². The van der Waals surface area contributed by atoms with E-state index in [1.54, 1.807) is 61.5 Å². The summed E-state index contributed by atoms with van der Waals surface area (Å²) in [4.78, 5) is 40.2. The third kappa shape index (κ3) is 4.53. The van der Waals surface area contributed by atoms with Crippen LogP contribution in [0.4, 0.5) is 5.69 Å². The van der Waals surface area contributed by atoms with Crippen molar-refractivity contribution in [2.75, 3.05) is 18.6 Å². The van der Waals surface area contributed by atoms with Crippen molar-refractivity contribution in [3.8, 4) is 5.75 Å². The van der Waals surface area contributed by atoms with E-state index in [-0.39, 0.29) is 23.5 Å². The van der Waals surface area contributed by atoms with Gasteiger partial charge in [-0.2, -0.15) is 0 Å². The molecule has 35 heavy (non-hydrogen) atoms. The number of ether oxygens (including phenoxy) is 2. The van der Waals surface area contributed by atoms with Crippen molar-refractivity contribution in [1.29, 1.82) is 0 Å². The highest BCUT2D eigenvalue weighted by molar-refractivity contribution is 6.51. The topological polar surface area (TPSA) is 93.1 Å². The summed E-state index contributed by atoms with van der Waals surface area (Å²) in [6.45, 7) is 3.82. The van der Waals surface area contributed by atoms with E-state index in [4.69, 9.17) is 9.47 Å². The molecule has 1 fully saturated rings. The third-order valence-electron chi connectivity index (χ3n) is 5.81. The predicted molar refractivity (Wildman–Crippen MR) is 131 cm³/mol. The molecule has 1 amide bonds. The van der Waals surface area contributed by atoms with Crippen LogP contribution >= 0.6 is 0 Å². The summed E-state index contributed by atoms with van der Waals surface area (Å²) in [5.41, 5.74) is 2.50. The Morgan fingerprint density at radius 2 is 1.69 bits per heavy atom. The zero-order chi connectivity index (χ0) is 25.1. The normalized spacial score (nSPS) is 16.9. The molecule has 1 aliphatic heterocycles. The van der Waals surface area contributed by atoms with Gasteiger partial charge in [-0.3, -0.25) is 14.5 Å². The van der Waals surface area contributed by atoms with Crippen LogP contribution in [-0.4, -0.2) is 36.5 Å². The molecule has 7 nitrogen and oxygen atoms in total. The van der Waals surface area contributed by atoms with Gasteiger partial charge in [0, 0.05) is 11.3 Å². The van der Waals surface area contributed by atoms with Gasteiger partial charge in [0.15, 0.2) is 0 Å². The van der Waals surface area contributed by atoms with Gasteiger partial charge < -0.3 is 14.6 Å². The van der Waals surface area contributed by atoms with Gasteiger partial charge in [0.25, 0.3) is 11.7 Å². The maximum absolute atomic E-state index is 13.3. The smallest absolute Gasteiger partial charge is 0.338 e. The van der Waals surface area contributed by atoms with Crippen molar-refractivity contribution in [3.63, 3.8) is 0 Å². The molecule has 1 atom stereocenters. The number of methoxy groups -OCH3 is 1. The molecule has 1 N–H and O–H groups in total. The minimum absolute atomic E-state index is 0.0476. The van der Waals surface area contributed by atoms with Gasteiger partial charge in [-0.05, 0) is 49.7 Å². The first-order chi connectivity index (χ1) is 16.8. The number of hydrogen-bond donors (Lipinski definition) is 1. The Kier molecular flexibility index (Phi) is 6.68. The van der Waals surface area contributed by atoms with Crippen LogP contribution in [0.15, 0.2) is 78.4 Å². The summed E-state index contributed by atoms with van der Waals surface area (Å²) in [5, 5.41) is 11.2. The van der Waals surface area contributed by atoms with E-state index in [1.807, 2.05) is 19.1 Å². The molecule has 178 valence electrons. The van der Waals surface area contributed by atoms with E-state index in [0.717, 1.165) is 5.56 Å². The lowest BCUT2D eigenvalue weighted by atomic mass is 9.94. The molecule has 7 heteroatoms. The van der Waals surface area contributed by atoms with Gasteiger partial charge in [0.05, 0.1) is 30.9 Å². The quantitative estimate of drug-likeness (QED) is 0.240. The molecule has 1 unspecified atom stereocenters. The fourth-order valence-corrected chi connectivity index (χ4v) is 4.09. The minimum atomic E-state index is -0.941. The SMILES string of the molecule is CCOC(=O)c1cccc(N2C(=O)C(=O)/C(=C(/O)c3ccc(C)cc3)C2c2cccc(OC)c2)c1. The van der Waals surface area contributed by atoms with Gasteiger partial charge >= 0.3 is 5.97 Å². The Hall–Kier alpha value is -4.39. The number of benzene rings is 3. The molecule has 0 spiro atoms. The zero-order valence-corrected chi connectivity index (χ0v) is 19.6. The molecule has 0 saturated carbocycles. The summed E-state index contributed by atoms with van der Waals surface area (Å²) in [6.07, 6.45) is 0. The number of anilines is 1. The number of amides is 1. The van der Waals surface area contributed by atoms with E-state index < -0.39 is 23.7 Å². The van der Waals surface area contributed by atoms with E-state index >= 15 is 0 Å². The molecule has 0 aliphatic carbocycles.